The topological polar surface area (TPSA) is 134 Å². The van der Waals surface area contributed by atoms with E-state index in [-0.39, 0.29) is 36.0 Å². The number of ether oxygens (including phenoxy) is 2. The fourth-order valence-corrected chi connectivity index (χ4v) is 5.14. The van der Waals surface area contributed by atoms with Crippen LogP contribution in [0.3, 0.4) is 0 Å². The minimum Gasteiger partial charge on any atom is -0.493 e. The quantitative estimate of drug-likeness (QED) is 0.123. The number of carbonyl (C=O) groups excluding carboxylic acids is 1. The normalized spacial score (nSPS) is 14.5. The lowest BCUT2D eigenvalue weighted by Gasteiger charge is -2.26. The summed E-state index contributed by atoms with van der Waals surface area (Å²) in [6.45, 7) is 29.6. The van der Waals surface area contributed by atoms with Crippen molar-refractivity contribution in [3.05, 3.63) is 72.3 Å². The molecule has 12 heteroatoms. The number of carbonyl (C=O) groups is 1. The summed E-state index contributed by atoms with van der Waals surface area (Å²) in [5.41, 5.74) is 1.72. The molecule has 1 fully saturated rings. The summed E-state index contributed by atoms with van der Waals surface area (Å²) in [6, 6.07) is 15.5. The molecule has 0 aromatic heterocycles. The van der Waals surface area contributed by atoms with Gasteiger partial charge in [0.2, 0.25) is 5.91 Å². The highest BCUT2D eigenvalue weighted by Crippen LogP contribution is 2.33. The van der Waals surface area contributed by atoms with Crippen molar-refractivity contribution in [3.63, 3.8) is 0 Å². The van der Waals surface area contributed by atoms with Crippen molar-refractivity contribution < 1.29 is 41.5 Å². The molecule has 3 N–H and O–H groups in total. The minimum atomic E-state index is -3.28. The fourth-order valence-electron chi connectivity index (χ4n) is 4.23. The van der Waals surface area contributed by atoms with Crippen LogP contribution in [0.4, 0.5) is 4.39 Å². The molecular formula is C40H67FN2O8S. The smallest absolute Gasteiger partial charge is 0.264 e. The van der Waals surface area contributed by atoms with E-state index in [1.54, 1.807) is 20.8 Å². The highest BCUT2D eigenvalue weighted by Gasteiger charge is 2.29. The number of hydrogen-bond acceptors (Lipinski definition) is 9. The first-order chi connectivity index (χ1) is 23.6. The Bertz CT molecular complexity index is 1360. The van der Waals surface area contributed by atoms with E-state index in [0.29, 0.717) is 17.9 Å². The number of alkyl halides is 1. The van der Waals surface area contributed by atoms with Crippen molar-refractivity contribution >= 4 is 16.0 Å². The van der Waals surface area contributed by atoms with Gasteiger partial charge in [-0.25, -0.2) is 4.39 Å². The predicted octanol–water partition coefficient (Wildman–Crippen LogP) is 6.68. The van der Waals surface area contributed by atoms with Gasteiger partial charge in [0.05, 0.1) is 25.1 Å². The summed E-state index contributed by atoms with van der Waals surface area (Å²) in [4.78, 5) is 13.0. The van der Waals surface area contributed by atoms with E-state index in [1.165, 1.54) is 19.2 Å². The number of nitrogens with one attached hydrogen (secondary N) is 1. The summed E-state index contributed by atoms with van der Waals surface area (Å²) < 4.78 is 49.5. The monoisotopic (exact) mass is 754 g/mol. The third kappa shape index (κ3) is 23.5. The Labute approximate surface area is 313 Å². The molecule has 3 rings (SSSR count). The molecule has 2 aromatic carbocycles. The molecule has 1 amide bonds. The number of halogens is 1. The van der Waals surface area contributed by atoms with Gasteiger partial charge in [-0.1, -0.05) is 51.6 Å². The summed E-state index contributed by atoms with van der Waals surface area (Å²) in [5.74, 6) is 1.34. The van der Waals surface area contributed by atoms with Crippen LogP contribution in [0.15, 0.2) is 61.2 Å². The van der Waals surface area contributed by atoms with Crippen LogP contribution in [-0.2, 0) is 24.5 Å². The molecule has 298 valence electrons. The maximum atomic E-state index is 13.1. The predicted molar refractivity (Wildman–Crippen MR) is 209 cm³/mol. The Balaban J connectivity index is 0.000000840. The molecule has 1 heterocycles. The minimum absolute atomic E-state index is 0.104. The van der Waals surface area contributed by atoms with Gasteiger partial charge >= 0.3 is 0 Å². The lowest BCUT2D eigenvalue weighted by Crippen LogP contribution is -2.39. The second kappa shape index (κ2) is 21.6. The molecule has 1 aliphatic rings. The second-order valence-corrected chi connectivity index (χ2v) is 17.9. The highest BCUT2D eigenvalue weighted by atomic mass is 32.2. The first-order valence-electron chi connectivity index (χ1n) is 17.6. The van der Waals surface area contributed by atoms with Crippen molar-refractivity contribution in [1.29, 1.82) is 0 Å². The number of amides is 1. The molecule has 0 bridgehead atoms. The Morgan fingerprint density at radius 1 is 0.846 bits per heavy atom. The van der Waals surface area contributed by atoms with Crippen LogP contribution in [0.2, 0.25) is 0 Å². The van der Waals surface area contributed by atoms with E-state index >= 15 is 0 Å². The molecule has 10 nitrogen and oxygen atoms in total. The molecule has 0 radical (unpaired) electrons. The number of aliphatic hydroxyl groups is 2. The van der Waals surface area contributed by atoms with Gasteiger partial charge in [0.15, 0.2) is 6.17 Å². The van der Waals surface area contributed by atoms with Crippen LogP contribution in [0.1, 0.15) is 94.2 Å². The summed E-state index contributed by atoms with van der Waals surface area (Å²) in [7, 11) is -3.28. The van der Waals surface area contributed by atoms with Gasteiger partial charge in [0.25, 0.3) is 10.1 Å². The Kier molecular flexibility index (Phi) is 20.4. The van der Waals surface area contributed by atoms with E-state index in [4.69, 9.17) is 19.7 Å². The zero-order valence-electron chi connectivity index (χ0n) is 33.9. The van der Waals surface area contributed by atoms with Gasteiger partial charge in [-0.15, -0.1) is 0 Å². The molecule has 2 atom stereocenters. The van der Waals surface area contributed by atoms with Crippen molar-refractivity contribution in [2.45, 2.75) is 111 Å². The van der Waals surface area contributed by atoms with Crippen molar-refractivity contribution in [3.8, 4) is 11.5 Å². The Hall–Kier alpha value is -3.03. The molecule has 2 aromatic rings. The number of benzene rings is 2. The molecule has 0 aliphatic carbocycles. The first kappa shape index (κ1) is 49.0. The largest absolute Gasteiger partial charge is 0.493 e. The van der Waals surface area contributed by atoms with Crippen LogP contribution in [0.25, 0.3) is 0 Å². The lowest BCUT2D eigenvalue weighted by molar-refractivity contribution is -0.117. The summed E-state index contributed by atoms with van der Waals surface area (Å²) in [6.07, 6.45) is 0.936. The van der Waals surface area contributed by atoms with Crippen molar-refractivity contribution in [1.82, 2.24) is 10.2 Å². The Morgan fingerprint density at radius 3 is 1.50 bits per heavy atom. The van der Waals surface area contributed by atoms with Crippen LogP contribution < -0.4 is 14.8 Å². The fraction of sp³-hybridized carbons (Fsp3) is 0.625. The van der Waals surface area contributed by atoms with E-state index in [9.17, 15) is 17.6 Å². The molecular weight excluding hydrogens is 688 g/mol. The number of rotatable bonds is 12. The lowest BCUT2D eigenvalue weighted by atomic mass is 9.78. The van der Waals surface area contributed by atoms with Gasteiger partial charge in [0.1, 0.15) is 18.1 Å². The average Bonchev–Trinajstić information content (AvgIpc) is 3.88. The first-order valence-corrected chi connectivity index (χ1v) is 19.4. The van der Waals surface area contributed by atoms with Crippen LogP contribution in [0.5, 0.6) is 11.5 Å². The van der Waals surface area contributed by atoms with Gasteiger partial charge in [0, 0.05) is 42.1 Å². The Morgan fingerprint density at radius 2 is 1.27 bits per heavy atom. The average molecular weight is 755 g/mol. The van der Waals surface area contributed by atoms with E-state index < -0.39 is 28.5 Å². The number of aliphatic hydroxyl groups excluding tert-OH is 2. The van der Waals surface area contributed by atoms with Crippen LogP contribution in [0, 0.1) is 5.92 Å². The van der Waals surface area contributed by atoms with Gasteiger partial charge < -0.3 is 25.0 Å². The van der Waals surface area contributed by atoms with Gasteiger partial charge in [-0.05, 0) is 104 Å². The SMILES string of the molecule is C=CC(=O)NC(C)(C)C.CC(C)(C)N1CC1.CC(C)(C)OS(C)(=O)=O.CC(CO)COc1ccc(C(C)(C)c2ccc(OCC(F)CO)cc2)cc1. The molecule has 1 aliphatic heterocycles. The number of hydrogen-bond donors (Lipinski definition) is 3. The van der Waals surface area contributed by atoms with Crippen LogP contribution in [-0.4, -0.2) is 98.1 Å². The maximum absolute atomic E-state index is 13.1. The molecule has 52 heavy (non-hydrogen) atoms. The van der Waals surface area contributed by atoms with E-state index in [1.807, 2.05) is 76.2 Å². The summed E-state index contributed by atoms with van der Waals surface area (Å²) in [5, 5.41) is 20.5. The summed E-state index contributed by atoms with van der Waals surface area (Å²) >= 11 is 0. The van der Waals surface area contributed by atoms with Gasteiger partial charge in [-0.3, -0.25) is 13.9 Å². The maximum Gasteiger partial charge on any atom is 0.264 e. The molecule has 2 unspecified atom stereocenters. The zero-order chi connectivity index (χ0) is 40.6. The van der Waals surface area contributed by atoms with Crippen LogP contribution >= 0.6 is 0 Å². The van der Waals surface area contributed by atoms with E-state index in [2.05, 4.69) is 55.6 Å². The van der Waals surface area contributed by atoms with Gasteiger partial charge in [-0.2, -0.15) is 8.42 Å². The third-order valence-electron chi connectivity index (χ3n) is 7.11. The van der Waals surface area contributed by atoms with E-state index in [0.717, 1.165) is 23.1 Å². The highest BCUT2D eigenvalue weighted by molar-refractivity contribution is 7.86. The molecule has 0 spiro atoms. The third-order valence-corrected chi connectivity index (χ3v) is 7.91. The second-order valence-electron chi connectivity index (χ2n) is 16.4. The number of nitrogens with zero attached hydrogens (tertiary/aromatic N) is 1. The molecule has 0 saturated carbocycles. The van der Waals surface area contributed by atoms with Crippen molar-refractivity contribution in [2.75, 3.05) is 45.8 Å². The van der Waals surface area contributed by atoms with Crippen molar-refractivity contribution in [2.24, 2.45) is 5.92 Å². The zero-order valence-corrected chi connectivity index (χ0v) is 34.7. The standard InChI is InChI=1S/C22H29FO4.C7H13NO.C6H13N.C5H12O3S/c1-16(12-24)14-26-20-8-4-17(5-9-20)22(2,3)18-6-10-21(11-7-18)27-15-19(23)13-25;1-5-6(9)8-7(2,3)4;1-6(2,3)7-4-5-7;1-5(2,3)8-9(4,6)7/h4-11,16,19,24-25H,12-15H2,1-3H3;5H,1H2,2-4H3,(H,8,9);4-5H2,1-3H3;1-4H3. The molecule has 1 saturated heterocycles.